The van der Waals surface area contributed by atoms with Crippen molar-refractivity contribution in [2.24, 2.45) is 0 Å². The largest absolute Gasteiger partial charge is 0.321 e. The van der Waals surface area contributed by atoms with E-state index in [1.165, 1.54) is 12.1 Å². The van der Waals surface area contributed by atoms with Gasteiger partial charge in [-0.25, -0.2) is 9.82 Å². The molecule has 0 radical (unpaired) electrons. The van der Waals surface area contributed by atoms with E-state index in [4.69, 9.17) is 0 Å². The molecule has 1 rings (SSSR count). The Bertz CT molecular complexity index is 284. The fourth-order valence-corrected chi connectivity index (χ4v) is 0.951. The van der Waals surface area contributed by atoms with Gasteiger partial charge in [-0.1, -0.05) is 12.7 Å². The Morgan fingerprint density at radius 3 is 2.83 bits per heavy atom. The van der Waals surface area contributed by atoms with E-state index in [1.54, 1.807) is 19.2 Å². The summed E-state index contributed by atoms with van der Waals surface area (Å²) in [6.45, 7) is 3.58. The molecule has 3 heteroatoms. The third kappa shape index (κ3) is 1.83. The SMILES string of the molecule is C=Cc1cc(F)ccc1NNC. The van der Waals surface area contributed by atoms with Crippen LogP contribution >= 0.6 is 0 Å². The summed E-state index contributed by atoms with van der Waals surface area (Å²) in [5.74, 6) is -0.258. The van der Waals surface area contributed by atoms with Crippen LogP contribution in [0.3, 0.4) is 0 Å². The van der Waals surface area contributed by atoms with Crippen molar-refractivity contribution in [2.45, 2.75) is 0 Å². The van der Waals surface area contributed by atoms with Crippen molar-refractivity contribution in [3.63, 3.8) is 0 Å². The normalized spacial score (nSPS) is 9.50. The van der Waals surface area contributed by atoms with Crippen molar-refractivity contribution >= 4 is 11.8 Å². The van der Waals surface area contributed by atoms with Gasteiger partial charge in [0, 0.05) is 12.6 Å². The molecular weight excluding hydrogens is 155 g/mol. The maximum Gasteiger partial charge on any atom is 0.123 e. The van der Waals surface area contributed by atoms with E-state index in [0.29, 0.717) is 0 Å². The van der Waals surface area contributed by atoms with Crippen molar-refractivity contribution < 1.29 is 4.39 Å². The zero-order valence-electron chi connectivity index (χ0n) is 6.89. The highest BCUT2D eigenvalue weighted by molar-refractivity contribution is 5.65. The van der Waals surface area contributed by atoms with Gasteiger partial charge in [0.05, 0.1) is 5.69 Å². The molecular formula is C9H11FN2. The zero-order valence-corrected chi connectivity index (χ0v) is 6.89. The first-order valence-electron chi connectivity index (χ1n) is 3.62. The number of benzene rings is 1. The summed E-state index contributed by atoms with van der Waals surface area (Å²) in [6, 6.07) is 4.47. The van der Waals surface area contributed by atoms with Crippen LogP contribution in [0.5, 0.6) is 0 Å². The minimum absolute atomic E-state index is 0.258. The summed E-state index contributed by atoms with van der Waals surface area (Å²) in [4.78, 5) is 0. The monoisotopic (exact) mass is 166 g/mol. The lowest BCUT2D eigenvalue weighted by Crippen LogP contribution is -2.15. The molecule has 0 heterocycles. The van der Waals surface area contributed by atoms with Crippen LogP contribution in [0.2, 0.25) is 0 Å². The first-order chi connectivity index (χ1) is 5.77. The van der Waals surface area contributed by atoms with Gasteiger partial charge in [0.25, 0.3) is 0 Å². The van der Waals surface area contributed by atoms with Gasteiger partial charge in [0.1, 0.15) is 5.82 Å². The van der Waals surface area contributed by atoms with Crippen LogP contribution in [0.4, 0.5) is 10.1 Å². The zero-order chi connectivity index (χ0) is 8.97. The first kappa shape index (κ1) is 8.74. The molecule has 0 aliphatic carbocycles. The van der Waals surface area contributed by atoms with Crippen molar-refractivity contribution in [1.82, 2.24) is 5.43 Å². The summed E-state index contributed by atoms with van der Waals surface area (Å²) in [5, 5.41) is 0. The van der Waals surface area contributed by atoms with E-state index in [0.717, 1.165) is 11.3 Å². The minimum Gasteiger partial charge on any atom is -0.321 e. The Morgan fingerprint density at radius 2 is 2.25 bits per heavy atom. The molecule has 0 aliphatic heterocycles. The van der Waals surface area contributed by atoms with E-state index in [2.05, 4.69) is 17.4 Å². The van der Waals surface area contributed by atoms with E-state index in [9.17, 15) is 4.39 Å². The molecule has 0 amide bonds. The van der Waals surface area contributed by atoms with Crippen molar-refractivity contribution in [3.05, 3.63) is 36.2 Å². The van der Waals surface area contributed by atoms with Gasteiger partial charge in [-0.05, 0) is 18.2 Å². The molecule has 2 N–H and O–H groups in total. The van der Waals surface area contributed by atoms with Crippen LogP contribution in [0.15, 0.2) is 24.8 Å². The molecule has 64 valence electrons. The van der Waals surface area contributed by atoms with Crippen LogP contribution in [-0.2, 0) is 0 Å². The summed E-state index contributed by atoms with van der Waals surface area (Å²) >= 11 is 0. The number of halogens is 1. The summed E-state index contributed by atoms with van der Waals surface area (Å²) in [6.07, 6.45) is 1.60. The maximum absolute atomic E-state index is 12.7. The average molecular weight is 166 g/mol. The second-order valence-electron chi connectivity index (χ2n) is 2.31. The van der Waals surface area contributed by atoms with Gasteiger partial charge in [0.2, 0.25) is 0 Å². The summed E-state index contributed by atoms with van der Waals surface area (Å²) < 4.78 is 12.7. The quantitative estimate of drug-likeness (QED) is 0.671. The number of anilines is 1. The Labute approximate surface area is 71.1 Å². The van der Waals surface area contributed by atoms with Crippen LogP contribution in [0.25, 0.3) is 6.08 Å². The Morgan fingerprint density at radius 1 is 1.50 bits per heavy atom. The first-order valence-corrected chi connectivity index (χ1v) is 3.62. The van der Waals surface area contributed by atoms with E-state index in [1.807, 2.05) is 0 Å². The third-order valence-corrected chi connectivity index (χ3v) is 1.49. The minimum atomic E-state index is -0.258. The fourth-order valence-electron chi connectivity index (χ4n) is 0.951. The molecule has 0 atom stereocenters. The summed E-state index contributed by atoms with van der Waals surface area (Å²) in [5.41, 5.74) is 7.18. The number of hydrogen-bond donors (Lipinski definition) is 2. The Hall–Kier alpha value is -1.35. The van der Waals surface area contributed by atoms with Crippen molar-refractivity contribution in [2.75, 3.05) is 12.5 Å². The molecule has 0 aliphatic rings. The lowest BCUT2D eigenvalue weighted by molar-refractivity contribution is 0.627. The molecule has 0 saturated heterocycles. The highest BCUT2D eigenvalue weighted by atomic mass is 19.1. The maximum atomic E-state index is 12.7. The third-order valence-electron chi connectivity index (χ3n) is 1.49. The molecule has 1 aromatic carbocycles. The van der Waals surface area contributed by atoms with Crippen LogP contribution in [0.1, 0.15) is 5.56 Å². The van der Waals surface area contributed by atoms with Gasteiger partial charge in [-0.3, -0.25) is 0 Å². The number of hydrazine groups is 1. The lowest BCUT2D eigenvalue weighted by Gasteiger charge is -2.07. The molecule has 1 aromatic rings. The molecule has 12 heavy (non-hydrogen) atoms. The number of rotatable bonds is 3. The lowest BCUT2D eigenvalue weighted by atomic mass is 10.2. The van der Waals surface area contributed by atoms with E-state index < -0.39 is 0 Å². The fraction of sp³-hybridized carbons (Fsp3) is 0.111. The predicted octanol–water partition coefficient (Wildman–Crippen LogP) is 2.01. The topological polar surface area (TPSA) is 24.1 Å². The van der Waals surface area contributed by atoms with Crippen molar-refractivity contribution in [3.8, 4) is 0 Å². The number of hydrogen-bond acceptors (Lipinski definition) is 2. The van der Waals surface area contributed by atoms with Crippen LogP contribution in [-0.4, -0.2) is 7.05 Å². The molecule has 0 aromatic heterocycles. The molecule has 0 unspecified atom stereocenters. The predicted molar refractivity (Wildman–Crippen MR) is 49.2 cm³/mol. The van der Waals surface area contributed by atoms with Crippen LogP contribution in [0, 0.1) is 5.82 Å². The Balaban J connectivity index is 3.02. The van der Waals surface area contributed by atoms with E-state index in [-0.39, 0.29) is 5.82 Å². The molecule has 0 saturated carbocycles. The van der Waals surface area contributed by atoms with Gasteiger partial charge < -0.3 is 5.43 Å². The molecule has 0 fully saturated rings. The molecule has 0 spiro atoms. The molecule has 2 nitrogen and oxygen atoms in total. The van der Waals surface area contributed by atoms with Crippen LogP contribution < -0.4 is 10.9 Å². The van der Waals surface area contributed by atoms with Crippen molar-refractivity contribution in [1.29, 1.82) is 0 Å². The Kier molecular flexibility index (Phi) is 2.82. The molecule has 0 bridgehead atoms. The standard InChI is InChI=1S/C9H11FN2/c1-3-7-6-8(10)4-5-9(7)12-11-2/h3-6,11-12H,1H2,2H3. The highest BCUT2D eigenvalue weighted by Gasteiger charge is 1.98. The smallest absolute Gasteiger partial charge is 0.123 e. The van der Waals surface area contributed by atoms with Gasteiger partial charge >= 0.3 is 0 Å². The van der Waals surface area contributed by atoms with E-state index >= 15 is 0 Å². The van der Waals surface area contributed by atoms with Gasteiger partial charge in [-0.15, -0.1) is 0 Å². The highest BCUT2D eigenvalue weighted by Crippen LogP contribution is 2.16. The number of nitrogens with one attached hydrogen (secondary N) is 2. The van der Waals surface area contributed by atoms with Gasteiger partial charge in [-0.2, -0.15) is 0 Å². The van der Waals surface area contributed by atoms with Gasteiger partial charge in [0.15, 0.2) is 0 Å². The summed E-state index contributed by atoms with van der Waals surface area (Å²) in [7, 11) is 1.75. The second-order valence-corrected chi connectivity index (χ2v) is 2.31. The average Bonchev–Trinajstić information content (AvgIpc) is 2.08. The second kappa shape index (κ2) is 3.88.